The maximum absolute atomic E-state index is 12.8. The number of anilines is 1. The number of furan rings is 1. The van der Waals surface area contributed by atoms with Gasteiger partial charge in [-0.15, -0.1) is 0 Å². The third-order valence-corrected chi connectivity index (χ3v) is 5.84. The van der Waals surface area contributed by atoms with Gasteiger partial charge in [0.1, 0.15) is 17.1 Å². The van der Waals surface area contributed by atoms with Crippen LogP contribution < -0.4 is 14.8 Å². The molecule has 0 aliphatic heterocycles. The summed E-state index contributed by atoms with van der Waals surface area (Å²) in [6.07, 6.45) is 3.28. The van der Waals surface area contributed by atoms with E-state index in [-0.39, 0.29) is 5.91 Å². The monoisotopic (exact) mass is 475 g/mol. The molecule has 0 atom stereocenters. The second-order valence-electron chi connectivity index (χ2n) is 7.90. The number of para-hydroxylation sites is 1. The molecule has 4 rings (SSSR count). The molecule has 6 heteroatoms. The maximum atomic E-state index is 12.8. The average Bonchev–Trinajstić information content (AvgIpc) is 3.23. The zero-order valence-corrected chi connectivity index (χ0v) is 20.3. The maximum Gasteiger partial charge on any atom is 0.248 e. The van der Waals surface area contributed by atoms with Gasteiger partial charge in [0.05, 0.1) is 20.0 Å². The van der Waals surface area contributed by atoms with Gasteiger partial charge in [-0.3, -0.25) is 4.79 Å². The highest BCUT2D eigenvalue weighted by atomic mass is 35.5. The summed E-state index contributed by atoms with van der Waals surface area (Å²) in [5, 5.41) is 4.38. The van der Waals surface area contributed by atoms with Gasteiger partial charge in [-0.1, -0.05) is 35.9 Å². The standard InChI is InChI=1S/C28H26ClNO4/c1-5-33-26-15-27-22(23(16-34-27)20-8-6-7-9-25(20)32-4)14-21(26)18(3)12-28(31)30-24-13-19(29)11-10-17(24)2/h6-16H,5H2,1-4H3,(H,30,31)/b18-12+. The molecule has 0 bridgehead atoms. The van der Waals surface area contributed by atoms with Gasteiger partial charge >= 0.3 is 0 Å². The van der Waals surface area contributed by atoms with Crippen LogP contribution in [0.15, 0.2) is 71.4 Å². The Labute approximate surface area is 203 Å². The molecule has 1 N–H and O–H groups in total. The number of carbonyl (C=O) groups is 1. The number of amides is 1. The van der Waals surface area contributed by atoms with Gasteiger partial charge in [0.15, 0.2) is 0 Å². The molecule has 0 unspecified atom stereocenters. The Kier molecular flexibility index (Phi) is 6.94. The van der Waals surface area contributed by atoms with Crippen LogP contribution in [0.3, 0.4) is 0 Å². The van der Waals surface area contributed by atoms with Crippen LogP contribution in [0.1, 0.15) is 25.0 Å². The highest BCUT2D eigenvalue weighted by Crippen LogP contribution is 2.40. The van der Waals surface area contributed by atoms with E-state index in [4.69, 9.17) is 25.5 Å². The van der Waals surface area contributed by atoms with Crippen molar-refractivity contribution in [1.82, 2.24) is 0 Å². The third-order valence-electron chi connectivity index (χ3n) is 5.60. The van der Waals surface area contributed by atoms with Crippen LogP contribution in [-0.2, 0) is 4.79 Å². The molecule has 4 aromatic rings. The molecule has 0 aliphatic rings. The quantitative estimate of drug-likeness (QED) is 0.281. The predicted molar refractivity (Wildman–Crippen MR) is 138 cm³/mol. The summed E-state index contributed by atoms with van der Waals surface area (Å²) in [5.41, 5.74) is 5.70. The SMILES string of the molecule is CCOc1cc2occ(-c3ccccc3OC)c2cc1/C(C)=C/C(=O)Nc1cc(Cl)ccc1C. The number of carbonyl (C=O) groups excluding carboxylic acids is 1. The van der Waals surface area contributed by atoms with Crippen LogP contribution in [0.25, 0.3) is 27.7 Å². The van der Waals surface area contributed by atoms with Crippen molar-refractivity contribution >= 4 is 39.7 Å². The van der Waals surface area contributed by atoms with E-state index in [1.165, 1.54) is 0 Å². The van der Waals surface area contributed by atoms with E-state index in [0.717, 1.165) is 39.0 Å². The zero-order chi connectivity index (χ0) is 24.2. The Morgan fingerprint density at radius 3 is 2.65 bits per heavy atom. The van der Waals surface area contributed by atoms with Crippen molar-refractivity contribution in [2.45, 2.75) is 20.8 Å². The van der Waals surface area contributed by atoms with E-state index < -0.39 is 0 Å². The average molecular weight is 476 g/mol. The molecule has 1 aromatic heterocycles. The normalized spacial score (nSPS) is 11.5. The van der Waals surface area contributed by atoms with E-state index in [1.807, 2.05) is 63.2 Å². The minimum absolute atomic E-state index is 0.248. The fourth-order valence-electron chi connectivity index (χ4n) is 3.89. The molecular weight excluding hydrogens is 450 g/mol. The highest BCUT2D eigenvalue weighted by molar-refractivity contribution is 6.31. The molecular formula is C28H26ClNO4. The number of fused-ring (bicyclic) bond motifs is 1. The van der Waals surface area contributed by atoms with Crippen LogP contribution in [0.5, 0.6) is 11.5 Å². The van der Waals surface area contributed by atoms with Gasteiger partial charge in [-0.25, -0.2) is 0 Å². The molecule has 0 spiro atoms. The summed E-state index contributed by atoms with van der Waals surface area (Å²) in [4.78, 5) is 12.8. The molecule has 174 valence electrons. The first kappa shape index (κ1) is 23.5. The number of aryl methyl sites for hydroxylation is 1. The zero-order valence-electron chi connectivity index (χ0n) is 19.6. The number of methoxy groups -OCH3 is 1. The number of hydrogen-bond donors (Lipinski definition) is 1. The van der Waals surface area contributed by atoms with Gasteiger partial charge in [0.2, 0.25) is 5.91 Å². The van der Waals surface area contributed by atoms with Crippen LogP contribution >= 0.6 is 11.6 Å². The molecule has 0 aliphatic carbocycles. The summed E-state index contributed by atoms with van der Waals surface area (Å²) >= 11 is 6.09. The lowest BCUT2D eigenvalue weighted by molar-refractivity contribution is -0.111. The van der Waals surface area contributed by atoms with Crippen molar-refractivity contribution in [1.29, 1.82) is 0 Å². The first-order chi connectivity index (χ1) is 16.4. The molecule has 0 saturated heterocycles. The van der Waals surface area contributed by atoms with Crippen LogP contribution in [-0.4, -0.2) is 19.6 Å². The smallest absolute Gasteiger partial charge is 0.248 e. The van der Waals surface area contributed by atoms with E-state index in [1.54, 1.807) is 31.6 Å². The second kappa shape index (κ2) is 10.1. The van der Waals surface area contributed by atoms with Gasteiger partial charge in [0, 0.05) is 44.9 Å². The topological polar surface area (TPSA) is 60.7 Å². The highest BCUT2D eigenvalue weighted by Gasteiger charge is 2.17. The Morgan fingerprint density at radius 2 is 1.88 bits per heavy atom. The van der Waals surface area contributed by atoms with Gasteiger partial charge in [0.25, 0.3) is 0 Å². The lowest BCUT2D eigenvalue weighted by Crippen LogP contribution is -2.10. The summed E-state index contributed by atoms with van der Waals surface area (Å²) in [5.74, 6) is 1.16. The number of allylic oxidation sites excluding steroid dienone is 1. The Bertz CT molecular complexity index is 1390. The lowest BCUT2D eigenvalue weighted by atomic mass is 9.98. The number of halogens is 1. The fraction of sp³-hybridized carbons (Fsp3) is 0.179. The third kappa shape index (κ3) is 4.80. The van der Waals surface area contributed by atoms with Crippen molar-refractivity contribution in [3.8, 4) is 22.6 Å². The summed E-state index contributed by atoms with van der Waals surface area (Å²) < 4.78 is 17.3. The Morgan fingerprint density at radius 1 is 1.09 bits per heavy atom. The van der Waals surface area contributed by atoms with E-state index in [2.05, 4.69) is 5.32 Å². The molecule has 5 nitrogen and oxygen atoms in total. The molecule has 3 aromatic carbocycles. The fourth-order valence-corrected chi connectivity index (χ4v) is 4.06. The molecule has 1 amide bonds. The van der Waals surface area contributed by atoms with Crippen LogP contribution in [0.4, 0.5) is 5.69 Å². The van der Waals surface area contributed by atoms with E-state index >= 15 is 0 Å². The Balaban J connectivity index is 1.76. The van der Waals surface area contributed by atoms with Crippen molar-refractivity contribution in [2.24, 2.45) is 0 Å². The van der Waals surface area contributed by atoms with Gasteiger partial charge in [-0.2, -0.15) is 0 Å². The second-order valence-corrected chi connectivity index (χ2v) is 8.34. The molecule has 1 heterocycles. The van der Waals surface area contributed by atoms with Crippen molar-refractivity contribution in [3.05, 3.63) is 83.1 Å². The molecule has 0 radical (unpaired) electrons. The minimum atomic E-state index is -0.248. The molecule has 0 fully saturated rings. The number of benzene rings is 3. The number of rotatable bonds is 7. The minimum Gasteiger partial charge on any atom is -0.496 e. The first-order valence-corrected chi connectivity index (χ1v) is 11.4. The van der Waals surface area contributed by atoms with Gasteiger partial charge in [-0.05, 0) is 56.2 Å². The van der Waals surface area contributed by atoms with Crippen LogP contribution in [0.2, 0.25) is 5.02 Å². The van der Waals surface area contributed by atoms with E-state index in [9.17, 15) is 4.79 Å². The number of ether oxygens (including phenoxy) is 2. The van der Waals surface area contributed by atoms with Crippen molar-refractivity contribution < 1.29 is 18.7 Å². The lowest BCUT2D eigenvalue weighted by Gasteiger charge is -2.13. The summed E-state index contributed by atoms with van der Waals surface area (Å²) in [6, 6.07) is 17.0. The first-order valence-electron chi connectivity index (χ1n) is 11.0. The van der Waals surface area contributed by atoms with E-state index in [0.29, 0.717) is 28.6 Å². The molecule has 34 heavy (non-hydrogen) atoms. The van der Waals surface area contributed by atoms with Crippen LogP contribution in [0, 0.1) is 6.92 Å². The van der Waals surface area contributed by atoms with Crippen molar-refractivity contribution in [2.75, 3.05) is 19.0 Å². The van der Waals surface area contributed by atoms with Crippen molar-refractivity contribution in [3.63, 3.8) is 0 Å². The predicted octanol–water partition coefficient (Wildman–Crippen LogP) is 7.51. The Hall–Kier alpha value is -3.70. The number of nitrogens with one attached hydrogen (secondary N) is 1. The largest absolute Gasteiger partial charge is 0.496 e. The van der Waals surface area contributed by atoms with Gasteiger partial charge < -0.3 is 19.2 Å². The summed E-state index contributed by atoms with van der Waals surface area (Å²) in [6.45, 7) is 6.21. The molecule has 0 saturated carbocycles. The number of hydrogen-bond acceptors (Lipinski definition) is 4. The summed E-state index contributed by atoms with van der Waals surface area (Å²) in [7, 11) is 1.65.